The topological polar surface area (TPSA) is 67.9 Å². The highest BCUT2D eigenvalue weighted by molar-refractivity contribution is 6.30. The van der Waals surface area contributed by atoms with Crippen LogP contribution in [0.4, 0.5) is 15.3 Å². The monoisotopic (exact) mass is 352 g/mol. The molecule has 2 heterocycles. The van der Waals surface area contributed by atoms with Crippen molar-refractivity contribution in [3.63, 3.8) is 0 Å². The fraction of sp³-hybridized carbons (Fsp3) is 0.529. The van der Waals surface area contributed by atoms with Crippen molar-refractivity contribution >= 4 is 29.5 Å². The van der Waals surface area contributed by atoms with Crippen molar-refractivity contribution in [2.24, 2.45) is 0 Å². The van der Waals surface area contributed by atoms with Crippen molar-refractivity contribution in [2.45, 2.75) is 44.8 Å². The van der Waals surface area contributed by atoms with E-state index in [1.54, 1.807) is 17.0 Å². The molecule has 0 aliphatic carbocycles. The summed E-state index contributed by atoms with van der Waals surface area (Å²) in [6.45, 7) is 6.41. The van der Waals surface area contributed by atoms with Crippen LogP contribution in [-0.2, 0) is 15.1 Å². The predicted molar refractivity (Wildman–Crippen MR) is 90.3 cm³/mol. The molecule has 1 N–H and O–H groups in total. The first-order valence-corrected chi connectivity index (χ1v) is 8.34. The van der Waals surface area contributed by atoms with Gasteiger partial charge in [-0.1, -0.05) is 11.6 Å². The van der Waals surface area contributed by atoms with Gasteiger partial charge in [-0.25, -0.2) is 9.59 Å². The average molecular weight is 353 g/mol. The zero-order valence-corrected chi connectivity index (χ0v) is 14.8. The van der Waals surface area contributed by atoms with Gasteiger partial charge in [0, 0.05) is 36.5 Å². The quantitative estimate of drug-likeness (QED) is 0.762. The van der Waals surface area contributed by atoms with Gasteiger partial charge in [-0.15, -0.1) is 0 Å². The van der Waals surface area contributed by atoms with Crippen molar-refractivity contribution in [3.05, 3.63) is 28.8 Å². The number of carbonyl (C=O) groups is 2. The fourth-order valence-electron chi connectivity index (χ4n) is 3.12. The van der Waals surface area contributed by atoms with Crippen molar-refractivity contribution in [2.75, 3.05) is 18.4 Å². The second-order valence-electron chi connectivity index (χ2n) is 7.17. The molecule has 24 heavy (non-hydrogen) atoms. The Morgan fingerprint density at radius 3 is 2.62 bits per heavy atom. The number of likely N-dealkylation sites (tertiary alicyclic amines) is 1. The second kappa shape index (κ2) is 5.84. The van der Waals surface area contributed by atoms with E-state index in [0.29, 0.717) is 36.6 Å². The largest absolute Gasteiger partial charge is 0.444 e. The number of hydrogen-bond acceptors (Lipinski definition) is 4. The number of fused-ring (bicyclic) bond motifs is 2. The average Bonchev–Trinajstić information content (AvgIpc) is 2.47. The summed E-state index contributed by atoms with van der Waals surface area (Å²) >= 11 is 6.11. The van der Waals surface area contributed by atoms with E-state index in [4.69, 9.17) is 21.1 Å². The number of amides is 2. The summed E-state index contributed by atoms with van der Waals surface area (Å²) in [7, 11) is 0. The Balaban J connectivity index is 1.79. The van der Waals surface area contributed by atoms with Crippen LogP contribution in [0.1, 0.15) is 39.2 Å². The summed E-state index contributed by atoms with van der Waals surface area (Å²) in [4.78, 5) is 25.8. The van der Waals surface area contributed by atoms with Crippen molar-refractivity contribution in [1.29, 1.82) is 0 Å². The Kier molecular flexibility index (Phi) is 4.11. The number of hydrogen-bond donors (Lipinski definition) is 1. The third-order valence-electron chi connectivity index (χ3n) is 4.22. The van der Waals surface area contributed by atoms with Gasteiger partial charge in [-0.05, 0) is 39.0 Å². The number of halogens is 1. The Bertz CT molecular complexity index is 676. The number of rotatable bonds is 0. The Hall–Kier alpha value is -1.95. The predicted octanol–water partition coefficient (Wildman–Crippen LogP) is 4.13. The molecule has 2 aliphatic rings. The van der Waals surface area contributed by atoms with Crippen LogP contribution in [0.15, 0.2) is 18.2 Å². The lowest BCUT2D eigenvalue weighted by Gasteiger charge is -2.44. The van der Waals surface area contributed by atoms with Gasteiger partial charge >= 0.3 is 12.2 Å². The third-order valence-corrected chi connectivity index (χ3v) is 4.46. The van der Waals surface area contributed by atoms with E-state index >= 15 is 0 Å². The number of anilines is 1. The number of ether oxygens (including phenoxy) is 2. The molecule has 130 valence electrons. The fourth-order valence-corrected chi connectivity index (χ4v) is 3.29. The molecule has 2 aliphatic heterocycles. The molecule has 6 nitrogen and oxygen atoms in total. The molecule has 0 saturated carbocycles. The molecule has 0 radical (unpaired) electrons. The van der Waals surface area contributed by atoms with Gasteiger partial charge in [-0.3, -0.25) is 5.32 Å². The summed E-state index contributed by atoms with van der Waals surface area (Å²) in [5.74, 6) is 0. The molecule has 0 unspecified atom stereocenters. The lowest BCUT2D eigenvalue weighted by atomic mass is 9.82. The van der Waals surface area contributed by atoms with E-state index in [-0.39, 0.29) is 6.09 Å². The molecule has 1 saturated heterocycles. The van der Waals surface area contributed by atoms with Crippen LogP contribution in [0, 0.1) is 0 Å². The van der Waals surface area contributed by atoms with Crippen LogP contribution in [-0.4, -0.2) is 35.8 Å². The molecule has 1 aromatic rings. The van der Waals surface area contributed by atoms with E-state index in [0.717, 1.165) is 5.56 Å². The smallest absolute Gasteiger partial charge is 0.412 e. The molecule has 7 heteroatoms. The molecule has 1 aromatic carbocycles. The minimum Gasteiger partial charge on any atom is -0.444 e. The van der Waals surface area contributed by atoms with Gasteiger partial charge in [0.2, 0.25) is 0 Å². The van der Waals surface area contributed by atoms with E-state index in [9.17, 15) is 9.59 Å². The van der Waals surface area contributed by atoms with E-state index in [1.807, 2.05) is 26.8 Å². The Labute approximate surface area is 146 Å². The first-order valence-electron chi connectivity index (χ1n) is 7.96. The first kappa shape index (κ1) is 16.9. The minimum atomic E-state index is -0.749. The molecule has 1 spiro atoms. The van der Waals surface area contributed by atoms with Gasteiger partial charge < -0.3 is 14.4 Å². The summed E-state index contributed by atoms with van der Waals surface area (Å²) < 4.78 is 11.0. The lowest BCUT2D eigenvalue weighted by molar-refractivity contribution is -0.0438. The zero-order chi connectivity index (χ0) is 17.5. The molecule has 2 amide bonds. The molecule has 0 bridgehead atoms. The highest BCUT2D eigenvalue weighted by atomic mass is 35.5. The number of nitrogens with one attached hydrogen (secondary N) is 1. The van der Waals surface area contributed by atoms with Crippen LogP contribution in [0.5, 0.6) is 0 Å². The first-order chi connectivity index (χ1) is 11.2. The van der Waals surface area contributed by atoms with Crippen molar-refractivity contribution in [3.8, 4) is 0 Å². The summed E-state index contributed by atoms with van der Waals surface area (Å²) in [5, 5.41) is 3.28. The van der Waals surface area contributed by atoms with Crippen LogP contribution in [0.2, 0.25) is 5.02 Å². The van der Waals surface area contributed by atoms with Crippen LogP contribution in [0.3, 0.4) is 0 Å². The maximum absolute atomic E-state index is 12.2. The van der Waals surface area contributed by atoms with E-state index in [1.165, 1.54) is 0 Å². The summed E-state index contributed by atoms with van der Waals surface area (Å²) in [5.41, 5.74) is 0.286. The second-order valence-corrected chi connectivity index (χ2v) is 7.60. The molecule has 1 fully saturated rings. The molecular weight excluding hydrogens is 332 g/mol. The van der Waals surface area contributed by atoms with Crippen LogP contribution < -0.4 is 5.32 Å². The van der Waals surface area contributed by atoms with Crippen LogP contribution >= 0.6 is 11.6 Å². The summed E-state index contributed by atoms with van der Waals surface area (Å²) in [6, 6.07) is 5.33. The summed E-state index contributed by atoms with van der Waals surface area (Å²) in [6.07, 6.45) is 0.194. The Morgan fingerprint density at radius 2 is 2.00 bits per heavy atom. The standard InChI is InChI=1S/C17H21ClN2O4/c1-16(2,3)24-15(22)20-8-6-17(7-9-20)12-10-11(18)4-5-13(12)19-14(21)23-17/h4-5,10H,6-9H2,1-3H3,(H,19,21). The van der Waals surface area contributed by atoms with Gasteiger partial charge in [0.1, 0.15) is 11.2 Å². The van der Waals surface area contributed by atoms with Gasteiger partial charge in [-0.2, -0.15) is 0 Å². The van der Waals surface area contributed by atoms with Crippen molar-refractivity contribution in [1.82, 2.24) is 4.90 Å². The van der Waals surface area contributed by atoms with Crippen molar-refractivity contribution < 1.29 is 19.1 Å². The third kappa shape index (κ3) is 3.29. The number of piperidine rings is 1. The number of carbonyl (C=O) groups excluding carboxylic acids is 2. The highest BCUT2D eigenvalue weighted by Crippen LogP contribution is 2.44. The molecule has 0 atom stereocenters. The lowest BCUT2D eigenvalue weighted by Crippen LogP contribution is -2.50. The highest BCUT2D eigenvalue weighted by Gasteiger charge is 2.45. The normalized spacial score (nSPS) is 19.3. The molecule has 3 rings (SSSR count). The van der Waals surface area contributed by atoms with Gasteiger partial charge in [0.25, 0.3) is 0 Å². The molecule has 0 aromatic heterocycles. The minimum absolute atomic E-state index is 0.344. The Morgan fingerprint density at radius 1 is 1.33 bits per heavy atom. The number of nitrogens with zero attached hydrogens (tertiary/aromatic N) is 1. The van der Waals surface area contributed by atoms with Gasteiger partial charge in [0.05, 0.1) is 5.69 Å². The SMILES string of the molecule is CC(C)(C)OC(=O)N1CCC2(CC1)OC(=O)Nc1ccc(Cl)cc12. The van der Waals surface area contributed by atoms with Crippen LogP contribution in [0.25, 0.3) is 0 Å². The maximum atomic E-state index is 12.2. The van der Waals surface area contributed by atoms with Gasteiger partial charge in [0.15, 0.2) is 0 Å². The zero-order valence-electron chi connectivity index (χ0n) is 14.0. The van der Waals surface area contributed by atoms with E-state index < -0.39 is 17.3 Å². The number of benzene rings is 1. The maximum Gasteiger partial charge on any atom is 0.412 e. The van der Waals surface area contributed by atoms with E-state index in [2.05, 4.69) is 5.32 Å². The molecular formula is C17H21ClN2O4.